The van der Waals surface area contributed by atoms with Crippen LogP contribution in [0.5, 0.6) is 11.5 Å². The fourth-order valence-electron chi connectivity index (χ4n) is 0.994. The molecule has 4 N–H and O–H groups in total. The second kappa shape index (κ2) is 3.81. The van der Waals surface area contributed by atoms with Gasteiger partial charge in [0.05, 0.1) is 5.02 Å². The van der Waals surface area contributed by atoms with Crippen molar-refractivity contribution in [3.8, 4) is 11.5 Å². The zero-order chi connectivity index (χ0) is 10.0. The Morgan fingerprint density at radius 3 is 2.54 bits per heavy atom. The lowest BCUT2D eigenvalue weighted by Gasteiger charge is -2.06. The Balaban J connectivity index is 3.24. The number of nitrogens with two attached hydrogens (primary N) is 1. The van der Waals surface area contributed by atoms with Crippen LogP contribution in [0.3, 0.4) is 0 Å². The van der Waals surface area contributed by atoms with E-state index in [0.29, 0.717) is 12.0 Å². The third kappa shape index (κ3) is 1.84. The van der Waals surface area contributed by atoms with Crippen molar-refractivity contribution < 1.29 is 14.6 Å². The normalized spacial score (nSPS) is 10.4. The van der Waals surface area contributed by atoms with Crippen LogP contribution < -0.4 is 5.73 Å². The van der Waals surface area contributed by atoms with Gasteiger partial charge in [-0.2, -0.15) is 4.39 Å². The highest BCUT2D eigenvalue weighted by Gasteiger charge is 2.15. The summed E-state index contributed by atoms with van der Waals surface area (Å²) in [6.45, 7) is 0.272. The molecule has 0 atom stereocenters. The fraction of sp³-hybridized carbons (Fsp3) is 0.250. The first-order valence-electron chi connectivity index (χ1n) is 3.66. The summed E-state index contributed by atoms with van der Waals surface area (Å²) < 4.78 is 13.0. The van der Waals surface area contributed by atoms with E-state index < -0.39 is 17.3 Å². The predicted molar refractivity (Wildman–Crippen MR) is 47.5 cm³/mol. The molecule has 0 saturated carbocycles. The van der Waals surface area contributed by atoms with E-state index in [-0.39, 0.29) is 11.6 Å². The molecule has 0 aliphatic rings. The molecule has 0 fully saturated rings. The van der Waals surface area contributed by atoms with Crippen molar-refractivity contribution in [2.24, 2.45) is 5.73 Å². The topological polar surface area (TPSA) is 66.5 Å². The second-order valence-electron chi connectivity index (χ2n) is 2.57. The van der Waals surface area contributed by atoms with Gasteiger partial charge >= 0.3 is 0 Å². The van der Waals surface area contributed by atoms with Crippen molar-refractivity contribution >= 4 is 11.6 Å². The first-order chi connectivity index (χ1) is 6.07. The second-order valence-corrected chi connectivity index (χ2v) is 2.97. The molecule has 72 valence electrons. The zero-order valence-corrected chi connectivity index (χ0v) is 7.48. The molecule has 5 heteroatoms. The molecule has 0 saturated heterocycles. The van der Waals surface area contributed by atoms with E-state index in [1.165, 1.54) is 6.07 Å². The molecule has 1 aromatic carbocycles. The molecule has 1 aromatic rings. The van der Waals surface area contributed by atoms with Gasteiger partial charge in [-0.3, -0.25) is 0 Å². The molecule has 0 amide bonds. The van der Waals surface area contributed by atoms with Crippen molar-refractivity contribution in [3.63, 3.8) is 0 Å². The minimum absolute atomic E-state index is 0.126. The van der Waals surface area contributed by atoms with Gasteiger partial charge in [0.1, 0.15) is 0 Å². The molecule has 0 aliphatic carbocycles. The summed E-state index contributed by atoms with van der Waals surface area (Å²) in [5, 5.41) is 18.0. The summed E-state index contributed by atoms with van der Waals surface area (Å²) in [6, 6.07) is 1.29. The molecule has 0 aliphatic heterocycles. The van der Waals surface area contributed by atoms with Crippen molar-refractivity contribution in [3.05, 3.63) is 22.5 Å². The molecular weight excluding hydrogens is 197 g/mol. The highest BCUT2D eigenvalue weighted by atomic mass is 35.5. The maximum Gasteiger partial charge on any atom is 0.208 e. The van der Waals surface area contributed by atoms with Gasteiger partial charge in [0.15, 0.2) is 11.5 Å². The smallest absolute Gasteiger partial charge is 0.208 e. The molecule has 0 heterocycles. The van der Waals surface area contributed by atoms with Crippen LogP contribution >= 0.6 is 11.6 Å². The summed E-state index contributed by atoms with van der Waals surface area (Å²) in [4.78, 5) is 0. The minimum Gasteiger partial charge on any atom is -0.505 e. The molecular formula is C8H9ClFNO2. The number of benzene rings is 1. The summed E-state index contributed by atoms with van der Waals surface area (Å²) in [5.74, 6) is -2.43. The lowest BCUT2D eigenvalue weighted by Crippen LogP contribution is -2.03. The van der Waals surface area contributed by atoms with Gasteiger partial charge < -0.3 is 15.9 Å². The molecule has 13 heavy (non-hydrogen) atoms. The van der Waals surface area contributed by atoms with E-state index >= 15 is 0 Å². The number of halogens is 2. The Labute approximate surface area is 79.6 Å². The van der Waals surface area contributed by atoms with Crippen LogP contribution in [0.1, 0.15) is 5.56 Å². The summed E-state index contributed by atoms with van der Waals surface area (Å²) in [6.07, 6.45) is 0.308. The number of phenolic OH excluding ortho intramolecular Hbond substituents is 2. The van der Waals surface area contributed by atoms with Gasteiger partial charge in [0.25, 0.3) is 0 Å². The molecule has 0 unspecified atom stereocenters. The molecule has 0 aromatic heterocycles. The van der Waals surface area contributed by atoms with Gasteiger partial charge in [-0.15, -0.1) is 0 Å². The minimum atomic E-state index is -1.10. The van der Waals surface area contributed by atoms with E-state index in [2.05, 4.69) is 0 Å². The van der Waals surface area contributed by atoms with E-state index in [1.807, 2.05) is 0 Å². The Bertz CT molecular complexity index is 330. The largest absolute Gasteiger partial charge is 0.505 e. The highest BCUT2D eigenvalue weighted by molar-refractivity contribution is 6.32. The van der Waals surface area contributed by atoms with Crippen molar-refractivity contribution in [2.75, 3.05) is 6.54 Å². The molecule has 0 bridgehead atoms. The third-order valence-corrected chi connectivity index (χ3v) is 1.95. The quantitative estimate of drug-likeness (QED) is 0.684. The van der Waals surface area contributed by atoms with E-state index in [0.717, 1.165) is 0 Å². The van der Waals surface area contributed by atoms with Crippen LogP contribution in [0.25, 0.3) is 0 Å². The standard InChI is InChI=1S/C8H9ClFNO2/c9-5-3-4(1-2-11)7(12)6(10)8(5)13/h3,12-13H,1-2,11H2. The van der Waals surface area contributed by atoms with Gasteiger partial charge in [0.2, 0.25) is 5.82 Å². The van der Waals surface area contributed by atoms with E-state index in [4.69, 9.17) is 22.4 Å². The molecule has 0 radical (unpaired) electrons. The SMILES string of the molecule is NCCc1cc(Cl)c(O)c(F)c1O. The van der Waals surface area contributed by atoms with Crippen molar-refractivity contribution in [2.45, 2.75) is 6.42 Å². The number of rotatable bonds is 2. The van der Waals surface area contributed by atoms with Crippen LogP contribution in [0.4, 0.5) is 4.39 Å². The highest BCUT2D eigenvalue weighted by Crippen LogP contribution is 2.35. The van der Waals surface area contributed by atoms with Gasteiger partial charge in [0, 0.05) is 0 Å². The summed E-state index contributed by atoms with van der Waals surface area (Å²) >= 11 is 5.48. The average molecular weight is 206 g/mol. The fourth-order valence-corrected chi connectivity index (χ4v) is 1.21. The van der Waals surface area contributed by atoms with Crippen molar-refractivity contribution in [1.29, 1.82) is 0 Å². The van der Waals surface area contributed by atoms with Crippen LogP contribution in [-0.4, -0.2) is 16.8 Å². The maximum atomic E-state index is 13.0. The van der Waals surface area contributed by atoms with Gasteiger partial charge in [-0.05, 0) is 24.6 Å². The number of hydrogen-bond acceptors (Lipinski definition) is 3. The number of hydrogen-bond donors (Lipinski definition) is 3. The summed E-state index contributed by atoms with van der Waals surface area (Å²) in [5.41, 5.74) is 5.52. The molecule has 1 rings (SSSR count). The average Bonchev–Trinajstić information content (AvgIpc) is 2.11. The van der Waals surface area contributed by atoms with E-state index in [9.17, 15) is 9.50 Å². The van der Waals surface area contributed by atoms with E-state index in [1.54, 1.807) is 0 Å². The first kappa shape index (κ1) is 10.1. The maximum absolute atomic E-state index is 13.0. The Kier molecular flexibility index (Phi) is 2.95. The summed E-state index contributed by atoms with van der Waals surface area (Å²) in [7, 11) is 0. The molecule has 3 nitrogen and oxygen atoms in total. The zero-order valence-electron chi connectivity index (χ0n) is 6.72. The van der Waals surface area contributed by atoms with Crippen molar-refractivity contribution in [1.82, 2.24) is 0 Å². The predicted octanol–water partition coefficient (Wildman–Crippen LogP) is 1.39. The molecule has 0 spiro atoms. The monoisotopic (exact) mass is 205 g/mol. The Morgan fingerprint density at radius 2 is 2.00 bits per heavy atom. The van der Waals surface area contributed by atoms with Gasteiger partial charge in [-0.25, -0.2) is 0 Å². The van der Waals surface area contributed by atoms with Crippen LogP contribution in [0.2, 0.25) is 5.02 Å². The number of aromatic hydroxyl groups is 2. The van der Waals surface area contributed by atoms with Crippen LogP contribution in [0.15, 0.2) is 6.07 Å². The third-order valence-electron chi connectivity index (χ3n) is 1.66. The lowest BCUT2D eigenvalue weighted by molar-refractivity contribution is 0.385. The van der Waals surface area contributed by atoms with Crippen LogP contribution in [0, 0.1) is 5.82 Å². The van der Waals surface area contributed by atoms with Gasteiger partial charge in [-0.1, -0.05) is 11.6 Å². The van der Waals surface area contributed by atoms with Crippen LogP contribution in [-0.2, 0) is 6.42 Å². The lowest BCUT2D eigenvalue weighted by atomic mass is 10.1. The Morgan fingerprint density at radius 1 is 1.38 bits per heavy atom. The first-order valence-corrected chi connectivity index (χ1v) is 4.04. The Hall–Kier alpha value is -1.00. The number of phenols is 2.